The Kier molecular flexibility index (Phi) is 4.02. The van der Waals surface area contributed by atoms with Gasteiger partial charge in [0.05, 0.1) is 0 Å². The second-order valence-electron chi connectivity index (χ2n) is 5.53. The van der Waals surface area contributed by atoms with Crippen molar-refractivity contribution in [1.29, 1.82) is 0 Å². The molecule has 3 rings (SSSR count). The third-order valence-corrected chi connectivity index (χ3v) is 4.16. The van der Waals surface area contributed by atoms with Crippen molar-refractivity contribution in [2.24, 2.45) is 0 Å². The molecule has 3 heteroatoms. The smallest absolute Gasteiger partial charge is 0.321 e. The van der Waals surface area contributed by atoms with Gasteiger partial charge in [-0.15, -0.1) is 0 Å². The highest BCUT2D eigenvalue weighted by Crippen LogP contribution is 2.23. The number of hydrogen-bond donors (Lipinski definition) is 1. The molecule has 21 heavy (non-hydrogen) atoms. The van der Waals surface area contributed by atoms with E-state index in [0.717, 1.165) is 19.5 Å². The molecule has 108 valence electrons. The van der Waals surface area contributed by atoms with E-state index in [1.54, 1.807) is 0 Å². The molecule has 0 saturated carbocycles. The van der Waals surface area contributed by atoms with Gasteiger partial charge in [0, 0.05) is 13.1 Å². The molecule has 0 aromatic heterocycles. The van der Waals surface area contributed by atoms with E-state index in [9.17, 15) is 9.90 Å². The van der Waals surface area contributed by atoms with Crippen LogP contribution in [0.15, 0.2) is 54.6 Å². The predicted molar refractivity (Wildman–Crippen MR) is 82.1 cm³/mol. The van der Waals surface area contributed by atoms with Crippen LogP contribution in [-0.4, -0.2) is 28.6 Å². The minimum atomic E-state index is -0.724. The summed E-state index contributed by atoms with van der Waals surface area (Å²) in [6, 6.07) is 18.0. The molecule has 0 radical (unpaired) electrons. The molecule has 0 amide bonds. The summed E-state index contributed by atoms with van der Waals surface area (Å²) in [6.45, 7) is 1.50. The van der Waals surface area contributed by atoms with E-state index < -0.39 is 12.0 Å². The number of rotatable bonds is 4. The Bertz CT molecular complexity index is 624. The van der Waals surface area contributed by atoms with E-state index in [1.165, 1.54) is 16.7 Å². The minimum Gasteiger partial charge on any atom is -0.480 e. The molecule has 2 aromatic rings. The average molecular weight is 281 g/mol. The van der Waals surface area contributed by atoms with Crippen LogP contribution in [0.4, 0.5) is 0 Å². The summed E-state index contributed by atoms with van der Waals surface area (Å²) in [6.07, 6.45) is 1.48. The molecule has 0 bridgehead atoms. The highest BCUT2D eigenvalue weighted by Gasteiger charge is 2.30. The van der Waals surface area contributed by atoms with Crippen molar-refractivity contribution in [1.82, 2.24) is 4.90 Å². The number of carboxylic acid groups (broad SMARTS) is 1. The monoisotopic (exact) mass is 281 g/mol. The lowest BCUT2D eigenvalue weighted by atomic mass is 9.93. The first kappa shape index (κ1) is 13.8. The summed E-state index contributed by atoms with van der Waals surface area (Å²) in [5.74, 6) is -0.724. The Balaban J connectivity index is 1.75. The molecular weight excluding hydrogens is 262 g/mol. The average Bonchev–Trinajstić information content (AvgIpc) is 2.53. The lowest BCUT2D eigenvalue weighted by molar-refractivity contribution is -0.143. The number of carbonyl (C=O) groups is 1. The first-order chi connectivity index (χ1) is 10.2. The summed E-state index contributed by atoms with van der Waals surface area (Å²) in [7, 11) is 0. The van der Waals surface area contributed by atoms with Gasteiger partial charge in [0.15, 0.2) is 0 Å². The Morgan fingerprint density at radius 3 is 2.43 bits per heavy atom. The van der Waals surface area contributed by atoms with Crippen LogP contribution in [0.25, 0.3) is 0 Å². The predicted octanol–water partition coefficient (Wildman–Crippen LogP) is 2.74. The van der Waals surface area contributed by atoms with E-state index in [2.05, 4.69) is 23.1 Å². The highest BCUT2D eigenvalue weighted by molar-refractivity contribution is 5.74. The van der Waals surface area contributed by atoms with Crippen LogP contribution >= 0.6 is 0 Å². The zero-order valence-electron chi connectivity index (χ0n) is 11.9. The van der Waals surface area contributed by atoms with Crippen LogP contribution in [0, 0.1) is 0 Å². The Labute approximate surface area is 124 Å². The summed E-state index contributed by atoms with van der Waals surface area (Å²) in [5.41, 5.74) is 3.67. The van der Waals surface area contributed by atoms with Crippen molar-refractivity contribution in [3.05, 3.63) is 71.3 Å². The third kappa shape index (κ3) is 3.14. The van der Waals surface area contributed by atoms with Gasteiger partial charge in [-0.25, -0.2) is 0 Å². The van der Waals surface area contributed by atoms with Crippen molar-refractivity contribution in [2.45, 2.75) is 25.4 Å². The van der Waals surface area contributed by atoms with Gasteiger partial charge in [-0.2, -0.15) is 0 Å². The molecular formula is C18H19NO2. The van der Waals surface area contributed by atoms with E-state index in [4.69, 9.17) is 0 Å². The number of benzene rings is 2. The van der Waals surface area contributed by atoms with Crippen molar-refractivity contribution >= 4 is 5.97 Å². The molecule has 1 aliphatic heterocycles. The topological polar surface area (TPSA) is 40.5 Å². The molecule has 3 nitrogen and oxygen atoms in total. The zero-order valence-corrected chi connectivity index (χ0v) is 11.9. The highest BCUT2D eigenvalue weighted by atomic mass is 16.4. The molecule has 0 aliphatic carbocycles. The van der Waals surface area contributed by atoms with Gasteiger partial charge in [-0.3, -0.25) is 9.69 Å². The molecule has 0 fully saturated rings. The molecule has 2 aromatic carbocycles. The maximum absolute atomic E-state index is 11.5. The normalized spacial score (nSPS) is 18.2. The van der Waals surface area contributed by atoms with Crippen LogP contribution < -0.4 is 0 Å². The Morgan fingerprint density at radius 2 is 1.71 bits per heavy atom. The van der Waals surface area contributed by atoms with E-state index in [-0.39, 0.29) is 0 Å². The SMILES string of the molecule is O=C(O)[C@@H]1Cc2ccccc2CN1CCc1ccccc1. The van der Waals surface area contributed by atoms with E-state index in [0.29, 0.717) is 6.42 Å². The second-order valence-corrected chi connectivity index (χ2v) is 5.53. The fourth-order valence-electron chi connectivity index (χ4n) is 2.97. The van der Waals surface area contributed by atoms with Crippen LogP contribution in [-0.2, 0) is 24.2 Å². The van der Waals surface area contributed by atoms with Gasteiger partial charge in [-0.05, 0) is 29.5 Å². The van der Waals surface area contributed by atoms with Crippen LogP contribution in [0.1, 0.15) is 16.7 Å². The quantitative estimate of drug-likeness (QED) is 0.937. The molecule has 1 aliphatic rings. The zero-order chi connectivity index (χ0) is 14.7. The van der Waals surface area contributed by atoms with Gasteiger partial charge in [0.1, 0.15) is 6.04 Å². The molecule has 1 N–H and O–H groups in total. The standard InChI is InChI=1S/C18H19NO2/c20-18(21)17-12-15-8-4-5-9-16(15)13-19(17)11-10-14-6-2-1-3-7-14/h1-9,17H,10-13H2,(H,20,21)/t17-/m0/s1. The fraction of sp³-hybridized carbons (Fsp3) is 0.278. The van der Waals surface area contributed by atoms with Crippen molar-refractivity contribution in [3.63, 3.8) is 0 Å². The van der Waals surface area contributed by atoms with Gasteiger partial charge in [0.25, 0.3) is 0 Å². The Hall–Kier alpha value is -2.13. The van der Waals surface area contributed by atoms with Crippen LogP contribution in [0.5, 0.6) is 0 Å². The number of nitrogens with zero attached hydrogens (tertiary/aromatic N) is 1. The van der Waals surface area contributed by atoms with Gasteiger partial charge in [0.2, 0.25) is 0 Å². The van der Waals surface area contributed by atoms with Crippen molar-refractivity contribution < 1.29 is 9.90 Å². The minimum absolute atomic E-state index is 0.413. The fourth-order valence-corrected chi connectivity index (χ4v) is 2.97. The number of fused-ring (bicyclic) bond motifs is 1. The third-order valence-electron chi connectivity index (χ3n) is 4.16. The summed E-state index contributed by atoms with van der Waals surface area (Å²) >= 11 is 0. The first-order valence-electron chi connectivity index (χ1n) is 7.31. The van der Waals surface area contributed by atoms with Crippen LogP contribution in [0.2, 0.25) is 0 Å². The van der Waals surface area contributed by atoms with Crippen LogP contribution in [0.3, 0.4) is 0 Å². The summed E-state index contributed by atoms with van der Waals surface area (Å²) in [4.78, 5) is 13.6. The maximum Gasteiger partial charge on any atom is 0.321 e. The lowest BCUT2D eigenvalue weighted by Gasteiger charge is -2.34. The molecule has 1 atom stereocenters. The van der Waals surface area contributed by atoms with Crippen molar-refractivity contribution in [3.8, 4) is 0 Å². The Morgan fingerprint density at radius 1 is 1.05 bits per heavy atom. The summed E-state index contributed by atoms with van der Waals surface area (Å²) < 4.78 is 0. The lowest BCUT2D eigenvalue weighted by Crippen LogP contribution is -2.46. The van der Waals surface area contributed by atoms with E-state index >= 15 is 0 Å². The number of aliphatic carboxylic acids is 1. The molecule has 0 saturated heterocycles. The largest absolute Gasteiger partial charge is 0.480 e. The van der Waals surface area contributed by atoms with Gasteiger partial charge in [-0.1, -0.05) is 54.6 Å². The molecule has 0 unspecified atom stereocenters. The van der Waals surface area contributed by atoms with Crippen molar-refractivity contribution in [2.75, 3.05) is 6.54 Å². The second kappa shape index (κ2) is 6.10. The number of hydrogen-bond acceptors (Lipinski definition) is 2. The summed E-state index contributed by atoms with van der Waals surface area (Å²) in [5, 5.41) is 9.49. The van der Waals surface area contributed by atoms with E-state index in [1.807, 2.05) is 36.4 Å². The van der Waals surface area contributed by atoms with Gasteiger partial charge >= 0.3 is 5.97 Å². The molecule has 0 spiro atoms. The van der Waals surface area contributed by atoms with Gasteiger partial charge < -0.3 is 5.11 Å². The number of carboxylic acids is 1. The first-order valence-corrected chi connectivity index (χ1v) is 7.31. The maximum atomic E-state index is 11.5. The molecule has 1 heterocycles.